The van der Waals surface area contributed by atoms with Crippen molar-refractivity contribution in [2.24, 2.45) is 0 Å². The van der Waals surface area contributed by atoms with Crippen LogP contribution in [0.2, 0.25) is 10.0 Å². The van der Waals surface area contributed by atoms with Crippen molar-refractivity contribution in [3.05, 3.63) is 57.6 Å². The summed E-state index contributed by atoms with van der Waals surface area (Å²) in [4.78, 5) is 27.7. The molecule has 0 saturated carbocycles. The van der Waals surface area contributed by atoms with Gasteiger partial charge in [-0.15, -0.1) is 0 Å². The van der Waals surface area contributed by atoms with Crippen LogP contribution in [0.5, 0.6) is 11.5 Å². The zero-order valence-corrected chi connectivity index (χ0v) is 22.5. The van der Waals surface area contributed by atoms with Crippen molar-refractivity contribution in [1.29, 1.82) is 0 Å². The summed E-state index contributed by atoms with van der Waals surface area (Å²) in [5, 5.41) is 3.90. The number of carbonyl (C=O) groups excluding carboxylic acids is 2. The van der Waals surface area contributed by atoms with Crippen LogP contribution in [-0.2, 0) is 22.6 Å². The molecule has 1 N–H and O–H groups in total. The van der Waals surface area contributed by atoms with Crippen LogP contribution in [0.15, 0.2) is 36.4 Å². The third-order valence-electron chi connectivity index (χ3n) is 5.59. The summed E-state index contributed by atoms with van der Waals surface area (Å²) in [5.74, 6) is 1.02. The van der Waals surface area contributed by atoms with Crippen LogP contribution in [0.1, 0.15) is 58.1 Å². The van der Waals surface area contributed by atoms with E-state index in [2.05, 4.69) is 12.2 Å². The number of unbranched alkanes of at least 4 members (excludes halogenated alkanes) is 1. The molecule has 8 heteroatoms. The van der Waals surface area contributed by atoms with E-state index in [0.717, 1.165) is 24.0 Å². The highest BCUT2D eigenvalue weighted by Crippen LogP contribution is 2.29. The number of hydrogen-bond acceptors (Lipinski definition) is 4. The van der Waals surface area contributed by atoms with Crippen LogP contribution >= 0.6 is 23.2 Å². The minimum absolute atomic E-state index is 0.138. The molecule has 2 aromatic carbocycles. The van der Waals surface area contributed by atoms with Crippen LogP contribution in [-0.4, -0.2) is 42.5 Å². The minimum Gasteiger partial charge on any atom is -0.490 e. The predicted octanol–water partition coefficient (Wildman–Crippen LogP) is 6.06. The van der Waals surface area contributed by atoms with E-state index in [4.69, 9.17) is 32.7 Å². The Labute approximate surface area is 218 Å². The molecule has 0 aromatic heterocycles. The zero-order chi connectivity index (χ0) is 25.8. The smallest absolute Gasteiger partial charge is 0.242 e. The molecule has 35 heavy (non-hydrogen) atoms. The van der Waals surface area contributed by atoms with Gasteiger partial charge >= 0.3 is 0 Å². The van der Waals surface area contributed by atoms with Gasteiger partial charge in [-0.2, -0.15) is 0 Å². The summed E-state index contributed by atoms with van der Waals surface area (Å²) in [6.45, 7) is 9.49. The molecule has 0 saturated heterocycles. The Bertz CT molecular complexity index is 984. The van der Waals surface area contributed by atoms with E-state index in [9.17, 15) is 9.59 Å². The lowest BCUT2D eigenvalue weighted by atomic mass is 10.1. The first-order valence-corrected chi connectivity index (χ1v) is 13.0. The Kier molecular flexibility index (Phi) is 12.2. The van der Waals surface area contributed by atoms with Crippen molar-refractivity contribution in [2.45, 2.75) is 66.0 Å². The van der Waals surface area contributed by atoms with Crippen molar-refractivity contribution in [2.75, 3.05) is 19.8 Å². The van der Waals surface area contributed by atoms with Crippen LogP contribution < -0.4 is 14.8 Å². The maximum absolute atomic E-state index is 13.4. The standard InChI is InChI=1S/C27H36Cl2N2O4/c1-5-8-15-30-27(33)19(4)31(18-21-11-12-22(28)17-23(21)29)26(32)14-10-20-9-13-24(34-6-2)25(16-20)35-7-3/h9,11-13,16-17,19H,5-8,10,14-15,18H2,1-4H3,(H,30,33)/t19-/m0/s1. The highest BCUT2D eigenvalue weighted by atomic mass is 35.5. The number of hydrogen-bond donors (Lipinski definition) is 1. The lowest BCUT2D eigenvalue weighted by Gasteiger charge is -2.29. The van der Waals surface area contributed by atoms with E-state index >= 15 is 0 Å². The molecule has 2 aromatic rings. The van der Waals surface area contributed by atoms with Gasteiger partial charge in [0.2, 0.25) is 11.8 Å². The maximum Gasteiger partial charge on any atom is 0.242 e. The van der Waals surface area contributed by atoms with E-state index in [0.29, 0.717) is 47.7 Å². The van der Waals surface area contributed by atoms with Crippen LogP contribution in [0.3, 0.4) is 0 Å². The van der Waals surface area contributed by atoms with Gasteiger partial charge in [0, 0.05) is 29.6 Å². The first-order chi connectivity index (χ1) is 16.8. The third kappa shape index (κ3) is 8.93. The molecule has 0 fully saturated rings. The van der Waals surface area contributed by atoms with E-state index in [1.807, 2.05) is 32.0 Å². The molecule has 0 heterocycles. The molecule has 0 radical (unpaired) electrons. The van der Waals surface area contributed by atoms with Gasteiger partial charge in [0.05, 0.1) is 13.2 Å². The minimum atomic E-state index is -0.648. The number of nitrogens with one attached hydrogen (secondary N) is 1. The molecule has 1 atom stereocenters. The summed E-state index contributed by atoms with van der Waals surface area (Å²) in [6.07, 6.45) is 2.59. The molecule has 2 rings (SSSR count). The molecular weight excluding hydrogens is 487 g/mol. The molecule has 0 aliphatic carbocycles. The van der Waals surface area contributed by atoms with Crippen molar-refractivity contribution >= 4 is 35.0 Å². The highest BCUT2D eigenvalue weighted by molar-refractivity contribution is 6.35. The number of benzene rings is 2. The van der Waals surface area contributed by atoms with Gasteiger partial charge in [0.15, 0.2) is 11.5 Å². The summed E-state index contributed by atoms with van der Waals surface area (Å²) in [5.41, 5.74) is 1.69. The second-order valence-corrected chi connectivity index (χ2v) is 9.07. The molecular formula is C27H36Cl2N2O4. The normalized spacial score (nSPS) is 11.6. The SMILES string of the molecule is CCCCNC(=O)[C@H](C)N(Cc1ccc(Cl)cc1Cl)C(=O)CCc1ccc(OCC)c(OCC)c1. The van der Waals surface area contributed by atoms with Gasteiger partial charge in [-0.25, -0.2) is 0 Å². The van der Waals surface area contributed by atoms with Crippen molar-refractivity contribution < 1.29 is 19.1 Å². The van der Waals surface area contributed by atoms with E-state index in [-0.39, 0.29) is 24.8 Å². The Morgan fingerprint density at radius 2 is 1.71 bits per heavy atom. The Morgan fingerprint density at radius 3 is 2.37 bits per heavy atom. The van der Waals surface area contributed by atoms with E-state index < -0.39 is 6.04 Å². The molecule has 6 nitrogen and oxygen atoms in total. The van der Waals surface area contributed by atoms with Gasteiger partial charge in [0.25, 0.3) is 0 Å². The Hall–Kier alpha value is -2.44. The van der Waals surface area contributed by atoms with Gasteiger partial charge in [-0.1, -0.05) is 48.7 Å². The van der Waals surface area contributed by atoms with E-state index in [1.165, 1.54) is 0 Å². The van der Waals surface area contributed by atoms with Gasteiger partial charge in [0.1, 0.15) is 6.04 Å². The fourth-order valence-electron chi connectivity index (χ4n) is 3.60. The average Bonchev–Trinajstić information content (AvgIpc) is 2.83. The predicted molar refractivity (Wildman–Crippen MR) is 141 cm³/mol. The lowest BCUT2D eigenvalue weighted by Crippen LogP contribution is -2.47. The van der Waals surface area contributed by atoms with Gasteiger partial charge < -0.3 is 19.7 Å². The quantitative estimate of drug-likeness (QED) is 0.306. The Balaban J connectivity index is 2.19. The first-order valence-electron chi connectivity index (χ1n) is 12.2. The topological polar surface area (TPSA) is 67.9 Å². The average molecular weight is 524 g/mol. The number of halogens is 2. The zero-order valence-electron chi connectivity index (χ0n) is 21.0. The summed E-state index contributed by atoms with van der Waals surface area (Å²) in [6, 6.07) is 10.2. The highest BCUT2D eigenvalue weighted by Gasteiger charge is 2.26. The molecule has 0 spiro atoms. The lowest BCUT2D eigenvalue weighted by molar-refractivity contribution is -0.140. The van der Waals surface area contributed by atoms with E-state index in [1.54, 1.807) is 30.0 Å². The van der Waals surface area contributed by atoms with Crippen molar-refractivity contribution in [1.82, 2.24) is 10.2 Å². The number of amides is 2. The second kappa shape index (κ2) is 14.8. The summed E-state index contributed by atoms with van der Waals surface area (Å²) in [7, 11) is 0. The fourth-order valence-corrected chi connectivity index (χ4v) is 4.07. The van der Waals surface area contributed by atoms with Crippen molar-refractivity contribution in [3.63, 3.8) is 0 Å². The number of aryl methyl sites for hydroxylation is 1. The van der Waals surface area contributed by atoms with Gasteiger partial charge in [-0.05, 0) is 69.0 Å². The second-order valence-electron chi connectivity index (χ2n) is 8.23. The monoisotopic (exact) mass is 522 g/mol. The number of nitrogens with zero attached hydrogens (tertiary/aromatic N) is 1. The number of ether oxygens (including phenoxy) is 2. The molecule has 2 amide bonds. The third-order valence-corrected chi connectivity index (χ3v) is 6.17. The Morgan fingerprint density at radius 1 is 1.00 bits per heavy atom. The largest absolute Gasteiger partial charge is 0.490 e. The molecule has 0 aliphatic rings. The van der Waals surface area contributed by atoms with Gasteiger partial charge in [-0.3, -0.25) is 9.59 Å². The van der Waals surface area contributed by atoms with Crippen LogP contribution in [0.25, 0.3) is 0 Å². The molecule has 0 bridgehead atoms. The van der Waals surface area contributed by atoms with Crippen molar-refractivity contribution in [3.8, 4) is 11.5 Å². The van der Waals surface area contributed by atoms with Crippen LogP contribution in [0.4, 0.5) is 0 Å². The summed E-state index contributed by atoms with van der Waals surface area (Å²) >= 11 is 12.4. The summed E-state index contributed by atoms with van der Waals surface area (Å²) < 4.78 is 11.3. The maximum atomic E-state index is 13.4. The number of carbonyl (C=O) groups is 2. The fraction of sp³-hybridized carbons (Fsp3) is 0.481. The molecule has 192 valence electrons. The van der Waals surface area contributed by atoms with Crippen LogP contribution in [0, 0.1) is 0 Å². The first kappa shape index (κ1) is 28.8. The molecule has 0 unspecified atom stereocenters. The number of rotatable bonds is 14. The molecule has 0 aliphatic heterocycles.